The molecule has 0 radical (unpaired) electrons. The van der Waals surface area contributed by atoms with Crippen LogP contribution >= 0.6 is 0 Å². The van der Waals surface area contributed by atoms with Gasteiger partial charge in [0.25, 0.3) is 0 Å². The molecule has 0 aliphatic carbocycles. The van der Waals surface area contributed by atoms with E-state index in [9.17, 15) is 4.79 Å². The SMILES string of the molecule is Cc1cccc([C@@H](C)NCCNC(=O)OC(C)(C)C)c1. The summed E-state index contributed by atoms with van der Waals surface area (Å²) in [7, 11) is 0. The molecule has 0 saturated heterocycles. The van der Waals surface area contributed by atoms with E-state index in [1.165, 1.54) is 11.1 Å². The van der Waals surface area contributed by atoms with Crippen molar-refractivity contribution in [2.75, 3.05) is 13.1 Å². The summed E-state index contributed by atoms with van der Waals surface area (Å²) in [6.07, 6.45) is -0.373. The number of benzene rings is 1. The zero-order valence-electron chi connectivity index (χ0n) is 13.1. The Morgan fingerprint density at radius 1 is 1.30 bits per heavy atom. The largest absolute Gasteiger partial charge is 0.444 e. The van der Waals surface area contributed by atoms with Gasteiger partial charge in [-0.25, -0.2) is 4.79 Å². The molecular formula is C16H26N2O2. The molecule has 1 rings (SSSR count). The van der Waals surface area contributed by atoms with Gasteiger partial charge < -0.3 is 15.4 Å². The van der Waals surface area contributed by atoms with Crippen molar-refractivity contribution in [3.05, 3.63) is 35.4 Å². The minimum absolute atomic E-state index is 0.260. The van der Waals surface area contributed by atoms with Gasteiger partial charge >= 0.3 is 6.09 Å². The van der Waals surface area contributed by atoms with Crippen molar-refractivity contribution in [3.63, 3.8) is 0 Å². The molecule has 0 aliphatic heterocycles. The maximum absolute atomic E-state index is 11.5. The molecule has 0 bridgehead atoms. The highest BCUT2D eigenvalue weighted by Gasteiger charge is 2.15. The zero-order valence-corrected chi connectivity index (χ0v) is 13.1. The van der Waals surface area contributed by atoms with Crippen LogP contribution < -0.4 is 10.6 Å². The summed E-state index contributed by atoms with van der Waals surface area (Å²) in [5, 5.41) is 6.11. The second-order valence-electron chi connectivity index (χ2n) is 6.02. The number of amides is 1. The first kappa shape index (κ1) is 16.5. The maximum atomic E-state index is 11.5. The van der Waals surface area contributed by atoms with Crippen LogP contribution in [0, 0.1) is 6.92 Å². The normalized spacial score (nSPS) is 12.8. The third-order valence-electron chi connectivity index (χ3n) is 2.79. The molecule has 0 fully saturated rings. The lowest BCUT2D eigenvalue weighted by Crippen LogP contribution is -2.36. The number of hydrogen-bond acceptors (Lipinski definition) is 3. The van der Waals surface area contributed by atoms with Crippen LogP contribution in [-0.4, -0.2) is 24.8 Å². The summed E-state index contributed by atoms with van der Waals surface area (Å²) in [6.45, 7) is 11.0. The predicted molar refractivity (Wildman–Crippen MR) is 81.8 cm³/mol. The molecule has 4 heteroatoms. The molecular weight excluding hydrogens is 252 g/mol. The molecule has 2 N–H and O–H groups in total. The Bertz CT molecular complexity index is 438. The average molecular weight is 278 g/mol. The number of aryl methyl sites for hydroxylation is 1. The molecule has 20 heavy (non-hydrogen) atoms. The molecule has 4 nitrogen and oxygen atoms in total. The van der Waals surface area contributed by atoms with Crippen molar-refractivity contribution in [3.8, 4) is 0 Å². The number of carbonyl (C=O) groups is 1. The van der Waals surface area contributed by atoms with E-state index in [2.05, 4.69) is 48.7 Å². The molecule has 0 aliphatic rings. The molecule has 0 aromatic heterocycles. The fourth-order valence-electron chi connectivity index (χ4n) is 1.82. The molecule has 1 atom stereocenters. The minimum atomic E-state index is -0.452. The Morgan fingerprint density at radius 2 is 2.00 bits per heavy atom. The summed E-state index contributed by atoms with van der Waals surface area (Å²) < 4.78 is 5.17. The fraction of sp³-hybridized carbons (Fsp3) is 0.562. The number of rotatable bonds is 5. The molecule has 1 amide bonds. The highest BCUT2D eigenvalue weighted by Crippen LogP contribution is 2.13. The van der Waals surface area contributed by atoms with Gasteiger partial charge in [0.1, 0.15) is 5.60 Å². The molecule has 0 unspecified atom stereocenters. The van der Waals surface area contributed by atoms with Gasteiger partial charge in [-0.15, -0.1) is 0 Å². The van der Waals surface area contributed by atoms with E-state index in [4.69, 9.17) is 4.74 Å². The van der Waals surface area contributed by atoms with Crippen molar-refractivity contribution >= 4 is 6.09 Å². The Labute approximate surface area is 121 Å². The average Bonchev–Trinajstić information content (AvgIpc) is 2.32. The van der Waals surface area contributed by atoms with Crippen molar-refractivity contribution in [1.29, 1.82) is 0 Å². The molecule has 112 valence electrons. The quantitative estimate of drug-likeness (QED) is 0.813. The lowest BCUT2D eigenvalue weighted by atomic mass is 10.1. The van der Waals surface area contributed by atoms with E-state index in [0.717, 1.165) is 0 Å². The molecule has 0 spiro atoms. The minimum Gasteiger partial charge on any atom is -0.444 e. The third kappa shape index (κ3) is 6.57. The van der Waals surface area contributed by atoms with Crippen LogP contribution in [0.2, 0.25) is 0 Å². The summed E-state index contributed by atoms with van der Waals surface area (Å²) in [6, 6.07) is 8.67. The second-order valence-corrected chi connectivity index (χ2v) is 6.02. The van der Waals surface area contributed by atoms with Crippen LogP contribution in [0.1, 0.15) is 44.9 Å². The van der Waals surface area contributed by atoms with E-state index in [1.54, 1.807) is 0 Å². The zero-order chi connectivity index (χ0) is 15.2. The second kappa shape index (κ2) is 7.29. The maximum Gasteiger partial charge on any atom is 0.407 e. The summed E-state index contributed by atoms with van der Waals surface area (Å²) in [5.74, 6) is 0. The lowest BCUT2D eigenvalue weighted by Gasteiger charge is -2.20. The summed E-state index contributed by atoms with van der Waals surface area (Å²) in [5.41, 5.74) is 2.05. The molecule has 1 aromatic carbocycles. The fourth-order valence-corrected chi connectivity index (χ4v) is 1.82. The first-order valence-corrected chi connectivity index (χ1v) is 7.05. The van der Waals surface area contributed by atoms with Gasteiger partial charge in [0.05, 0.1) is 0 Å². The van der Waals surface area contributed by atoms with Gasteiger partial charge in [-0.3, -0.25) is 0 Å². The molecule has 0 heterocycles. The van der Waals surface area contributed by atoms with Gasteiger partial charge in [-0.2, -0.15) is 0 Å². The van der Waals surface area contributed by atoms with Crippen molar-refractivity contribution in [2.45, 2.75) is 46.3 Å². The number of nitrogens with one attached hydrogen (secondary N) is 2. The van der Waals surface area contributed by atoms with Crippen LogP contribution in [-0.2, 0) is 4.74 Å². The lowest BCUT2D eigenvalue weighted by molar-refractivity contribution is 0.0528. The van der Waals surface area contributed by atoms with Crippen LogP contribution in [0.25, 0.3) is 0 Å². The topological polar surface area (TPSA) is 50.4 Å². The molecule has 0 saturated carbocycles. The number of carbonyl (C=O) groups excluding carboxylic acids is 1. The smallest absolute Gasteiger partial charge is 0.407 e. The standard InChI is InChI=1S/C16H26N2O2/c1-12-7-6-8-14(11-12)13(2)17-9-10-18-15(19)20-16(3,4)5/h6-8,11,13,17H,9-10H2,1-5H3,(H,18,19)/t13-/m1/s1. The van der Waals surface area contributed by atoms with E-state index in [-0.39, 0.29) is 12.1 Å². The third-order valence-corrected chi connectivity index (χ3v) is 2.79. The van der Waals surface area contributed by atoms with Gasteiger partial charge in [0.2, 0.25) is 0 Å². The van der Waals surface area contributed by atoms with Crippen molar-refractivity contribution in [1.82, 2.24) is 10.6 Å². The van der Waals surface area contributed by atoms with E-state index < -0.39 is 5.60 Å². The van der Waals surface area contributed by atoms with Gasteiger partial charge in [-0.1, -0.05) is 29.8 Å². The molecule has 1 aromatic rings. The van der Waals surface area contributed by atoms with Crippen molar-refractivity contribution < 1.29 is 9.53 Å². The first-order chi connectivity index (χ1) is 9.28. The van der Waals surface area contributed by atoms with Crippen molar-refractivity contribution in [2.24, 2.45) is 0 Å². The van der Waals surface area contributed by atoms with E-state index in [0.29, 0.717) is 13.1 Å². The van der Waals surface area contributed by atoms with Crippen LogP contribution in [0.15, 0.2) is 24.3 Å². The highest BCUT2D eigenvalue weighted by atomic mass is 16.6. The monoisotopic (exact) mass is 278 g/mol. The highest BCUT2D eigenvalue weighted by molar-refractivity contribution is 5.67. The predicted octanol–water partition coefficient (Wildman–Crippen LogP) is 3.17. The van der Waals surface area contributed by atoms with E-state index >= 15 is 0 Å². The van der Waals surface area contributed by atoms with Gasteiger partial charge in [0, 0.05) is 19.1 Å². The Kier molecular flexibility index (Phi) is 6.02. The van der Waals surface area contributed by atoms with Gasteiger partial charge in [0.15, 0.2) is 0 Å². The number of ether oxygens (including phenoxy) is 1. The van der Waals surface area contributed by atoms with Gasteiger partial charge in [-0.05, 0) is 40.2 Å². The Hall–Kier alpha value is -1.55. The first-order valence-electron chi connectivity index (χ1n) is 7.05. The summed E-state index contributed by atoms with van der Waals surface area (Å²) >= 11 is 0. The van der Waals surface area contributed by atoms with E-state index in [1.807, 2.05) is 20.8 Å². The Balaban J connectivity index is 2.26. The van der Waals surface area contributed by atoms with Crippen LogP contribution in [0.4, 0.5) is 4.79 Å². The van der Waals surface area contributed by atoms with Crippen LogP contribution in [0.3, 0.4) is 0 Å². The Morgan fingerprint density at radius 3 is 2.60 bits per heavy atom. The number of alkyl carbamates (subject to hydrolysis) is 1. The summed E-state index contributed by atoms with van der Waals surface area (Å²) in [4.78, 5) is 11.5. The van der Waals surface area contributed by atoms with Crippen LogP contribution in [0.5, 0.6) is 0 Å². The number of hydrogen-bond donors (Lipinski definition) is 2.